The third-order valence-corrected chi connectivity index (χ3v) is 4.93. The minimum Gasteiger partial charge on any atom is -0.376 e. The van der Waals surface area contributed by atoms with Crippen molar-refractivity contribution in [2.24, 2.45) is 0 Å². The Morgan fingerprint density at radius 2 is 2.16 bits per heavy atom. The maximum absolute atomic E-state index is 12.5. The Balaban J connectivity index is 1.61. The summed E-state index contributed by atoms with van der Waals surface area (Å²) in [6.07, 6.45) is 2.12. The van der Waals surface area contributed by atoms with Crippen LogP contribution >= 0.6 is 11.3 Å². The Bertz CT molecular complexity index is 839. The standard InChI is InChI=1S/C18H18N4O2S/c23-18(19-12-14-8-4-10-24-14)16-20-17(15-9-5-11-25-15)22(21-16)13-6-2-1-3-7-13/h1-3,5-7,9,11,14H,4,8,10,12H2,(H,19,23). The number of carbonyl (C=O) groups excluding carboxylic acids is 1. The van der Waals surface area contributed by atoms with E-state index in [1.165, 1.54) is 0 Å². The van der Waals surface area contributed by atoms with Crippen molar-refractivity contribution in [2.45, 2.75) is 18.9 Å². The second kappa shape index (κ2) is 7.16. The topological polar surface area (TPSA) is 69.0 Å². The summed E-state index contributed by atoms with van der Waals surface area (Å²) >= 11 is 1.57. The molecule has 4 rings (SSSR count). The van der Waals surface area contributed by atoms with Crippen LogP contribution in [0.1, 0.15) is 23.5 Å². The number of ether oxygens (including phenoxy) is 1. The number of amides is 1. The fourth-order valence-corrected chi connectivity index (χ4v) is 3.51. The van der Waals surface area contributed by atoms with Crippen LogP contribution in [0.2, 0.25) is 0 Å². The number of rotatable bonds is 5. The molecule has 1 unspecified atom stereocenters. The Morgan fingerprint density at radius 3 is 2.88 bits per heavy atom. The number of benzene rings is 1. The highest BCUT2D eigenvalue weighted by molar-refractivity contribution is 7.13. The zero-order valence-corrected chi connectivity index (χ0v) is 14.4. The molecule has 25 heavy (non-hydrogen) atoms. The second-order valence-electron chi connectivity index (χ2n) is 5.83. The van der Waals surface area contributed by atoms with E-state index in [1.807, 2.05) is 47.8 Å². The molecule has 3 heterocycles. The van der Waals surface area contributed by atoms with Crippen molar-refractivity contribution in [1.29, 1.82) is 0 Å². The first-order valence-corrected chi connectivity index (χ1v) is 9.15. The fourth-order valence-electron chi connectivity index (χ4n) is 2.81. The van der Waals surface area contributed by atoms with Gasteiger partial charge in [0, 0.05) is 13.2 Å². The highest BCUT2D eigenvalue weighted by atomic mass is 32.1. The molecule has 7 heteroatoms. The number of thiophene rings is 1. The van der Waals surface area contributed by atoms with E-state index in [-0.39, 0.29) is 17.8 Å². The Kier molecular flexibility index (Phi) is 4.58. The zero-order chi connectivity index (χ0) is 17.1. The van der Waals surface area contributed by atoms with E-state index in [0.717, 1.165) is 30.0 Å². The van der Waals surface area contributed by atoms with Crippen LogP contribution in [0.5, 0.6) is 0 Å². The Morgan fingerprint density at radius 1 is 1.28 bits per heavy atom. The van der Waals surface area contributed by atoms with Gasteiger partial charge in [-0.05, 0) is 36.4 Å². The number of carbonyl (C=O) groups is 1. The summed E-state index contributed by atoms with van der Waals surface area (Å²) in [5.74, 6) is 0.566. The van der Waals surface area contributed by atoms with E-state index < -0.39 is 0 Å². The van der Waals surface area contributed by atoms with Gasteiger partial charge in [0.25, 0.3) is 5.91 Å². The van der Waals surface area contributed by atoms with Crippen molar-refractivity contribution >= 4 is 17.2 Å². The average molecular weight is 354 g/mol. The molecule has 3 aromatic rings. The lowest BCUT2D eigenvalue weighted by molar-refractivity contribution is 0.0849. The molecule has 0 bridgehead atoms. The number of hydrogen-bond donors (Lipinski definition) is 1. The van der Waals surface area contributed by atoms with Crippen LogP contribution in [-0.4, -0.2) is 39.9 Å². The number of nitrogens with one attached hydrogen (secondary N) is 1. The van der Waals surface area contributed by atoms with Crippen molar-refractivity contribution in [2.75, 3.05) is 13.2 Å². The van der Waals surface area contributed by atoms with Crippen LogP contribution in [0.15, 0.2) is 47.8 Å². The van der Waals surface area contributed by atoms with E-state index in [2.05, 4.69) is 15.4 Å². The largest absolute Gasteiger partial charge is 0.376 e. The van der Waals surface area contributed by atoms with Gasteiger partial charge in [-0.25, -0.2) is 9.67 Å². The summed E-state index contributed by atoms with van der Waals surface area (Å²) in [5, 5.41) is 9.30. The molecule has 0 spiro atoms. The first-order valence-electron chi connectivity index (χ1n) is 8.27. The number of hydrogen-bond acceptors (Lipinski definition) is 5. The van der Waals surface area contributed by atoms with Gasteiger partial charge in [-0.1, -0.05) is 24.3 Å². The number of nitrogens with zero attached hydrogens (tertiary/aromatic N) is 3. The molecular formula is C18H18N4O2S. The minimum atomic E-state index is -0.275. The lowest BCUT2D eigenvalue weighted by Gasteiger charge is -2.08. The molecule has 0 radical (unpaired) electrons. The predicted molar refractivity (Wildman–Crippen MR) is 96.0 cm³/mol. The fraction of sp³-hybridized carbons (Fsp3) is 0.278. The van der Waals surface area contributed by atoms with Gasteiger partial charge in [0.2, 0.25) is 5.82 Å². The maximum Gasteiger partial charge on any atom is 0.291 e. The molecule has 1 amide bonds. The van der Waals surface area contributed by atoms with E-state index in [1.54, 1.807) is 16.0 Å². The first kappa shape index (κ1) is 16.0. The van der Waals surface area contributed by atoms with Crippen LogP contribution in [-0.2, 0) is 4.74 Å². The van der Waals surface area contributed by atoms with Gasteiger partial charge in [-0.3, -0.25) is 4.79 Å². The van der Waals surface area contributed by atoms with Crippen LogP contribution in [0.4, 0.5) is 0 Å². The molecular weight excluding hydrogens is 336 g/mol. The van der Waals surface area contributed by atoms with E-state index in [9.17, 15) is 4.79 Å². The van der Waals surface area contributed by atoms with E-state index in [0.29, 0.717) is 12.4 Å². The van der Waals surface area contributed by atoms with Crippen molar-refractivity contribution in [3.63, 3.8) is 0 Å². The smallest absolute Gasteiger partial charge is 0.291 e. The third-order valence-electron chi connectivity index (χ3n) is 4.07. The molecule has 6 nitrogen and oxygen atoms in total. The highest BCUT2D eigenvalue weighted by Crippen LogP contribution is 2.25. The van der Waals surface area contributed by atoms with Gasteiger partial charge >= 0.3 is 0 Å². The third kappa shape index (κ3) is 3.47. The van der Waals surface area contributed by atoms with Crippen LogP contribution < -0.4 is 5.32 Å². The highest BCUT2D eigenvalue weighted by Gasteiger charge is 2.21. The van der Waals surface area contributed by atoms with Gasteiger partial charge in [-0.2, -0.15) is 0 Å². The van der Waals surface area contributed by atoms with Crippen molar-refractivity contribution < 1.29 is 9.53 Å². The predicted octanol–water partition coefficient (Wildman–Crippen LogP) is 2.90. The second-order valence-corrected chi connectivity index (χ2v) is 6.78. The molecule has 2 aromatic heterocycles. The summed E-state index contributed by atoms with van der Waals surface area (Å²) in [4.78, 5) is 17.9. The molecule has 1 N–H and O–H groups in total. The van der Waals surface area contributed by atoms with Gasteiger partial charge < -0.3 is 10.1 Å². The molecule has 1 aliphatic rings. The monoisotopic (exact) mass is 354 g/mol. The summed E-state index contributed by atoms with van der Waals surface area (Å²) in [6.45, 7) is 1.26. The molecule has 1 atom stereocenters. The molecule has 0 saturated carbocycles. The molecule has 128 valence electrons. The first-order chi connectivity index (χ1) is 12.3. The van der Waals surface area contributed by atoms with Gasteiger partial charge in [0.15, 0.2) is 5.82 Å². The summed E-state index contributed by atoms with van der Waals surface area (Å²) in [7, 11) is 0. The van der Waals surface area contributed by atoms with Crippen LogP contribution in [0, 0.1) is 0 Å². The van der Waals surface area contributed by atoms with Gasteiger partial charge in [-0.15, -0.1) is 16.4 Å². The zero-order valence-electron chi connectivity index (χ0n) is 13.6. The van der Waals surface area contributed by atoms with Crippen molar-refractivity contribution in [3.8, 4) is 16.4 Å². The van der Waals surface area contributed by atoms with Gasteiger partial charge in [0.05, 0.1) is 16.7 Å². The summed E-state index contributed by atoms with van der Waals surface area (Å²) < 4.78 is 7.25. The number of para-hydroxylation sites is 1. The van der Waals surface area contributed by atoms with Crippen LogP contribution in [0.3, 0.4) is 0 Å². The van der Waals surface area contributed by atoms with Crippen LogP contribution in [0.25, 0.3) is 16.4 Å². The lowest BCUT2D eigenvalue weighted by atomic mass is 10.2. The number of aromatic nitrogens is 3. The van der Waals surface area contributed by atoms with Gasteiger partial charge in [0.1, 0.15) is 0 Å². The molecule has 1 fully saturated rings. The summed E-state index contributed by atoms with van der Waals surface area (Å²) in [5.41, 5.74) is 0.872. The molecule has 1 aromatic carbocycles. The molecule has 1 aliphatic heterocycles. The van der Waals surface area contributed by atoms with Crippen molar-refractivity contribution in [1.82, 2.24) is 20.1 Å². The van der Waals surface area contributed by atoms with E-state index in [4.69, 9.17) is 4.74 Å². The SMILES string of the molecule is O=C(NCC1CCCO1)c1nc(-c2cccs2)n(-c2ccccc2)n1. The molecule has 0 aliphatic carbocycles. The normalized spacial score (nSPS) is 16.9. The average Bonchev–Trinajstić information content (AvgIpc) is 3.41. The summed E-state index contributed by atoms with van der Waals surface area (Å²) in [6, 6.07) is 13.6. The van der Waals surface area contributed by atoms with E-state index >= 15 is 0 Å². The lowest BCUT2D eigenvalue weighted by Crippen LogP contribution is -2.32. The van der Waals surface area contributed by atoms with Crippen molar-refractivity contribution in [3.05, 3.63) is 53.7 Å². The Labute approximate surface area is 149 Å². The minimum absolute atomic E-state index is 0.0944. The quantitative estimate of drug-likeness (QED) is 0.765. The molecule has 1 saturated heterocycles. The maximum atomic E-state index is 12.5. The Hall–Kier alpha value is -2.51.